The fraction of sp³-hybridized carbons (Fsp3) is 0.833. The predicted octanol–water partition coefficient (Wildman–Crippen LogP) is 0.146. The lowest BCUT2D eigenvalue weighted by Crippen LogP contribution is -2.44. The van der Waals surface area contributed by atoms with Crippen molar-refractivity contribution in [2.24, 2.45) is 11.7 Å². The molecule has 0 heterocycles. The van der Waals surface area contributed by atoms with Crippen LogP contribution in [0.5, 0.6) is 0 Å². The lowest BCUT2D eigenvalue weighted by atomic mass is 9.84. The molecule has 0 aromatic heterocycles. The topological polar surface area (TPSA) is 84.2 Å². The monoisotopic (exact) mass is 241 g/mol. The third-order valence-corrected chi connectivity index (χ3v) is 3.18. The Balaban J connectivity index is 2.22. The molecule has 1 fully saturated rings. The summed E-state index contributed by atoms with van der Waals surface area (Å²) in [5.41, 5.74) is 5.92. The molecule has 2 amide bonds. The van der Waals surface area contributed by atoms with E-state index in [4.69, 9.17) is 5.73 Å². The first-order chi connectivity index (χ1) is 8.15. The van der Waals surface area contributed by atoms with E-state index in [-0.39, 0.29) is 23.8 Å². The summed E-state index contributed by atoms with van der Waals surface area (Å²) in [7, 11) is 0. The van der Waals surface area contributed by atoms with Gasteiger partial charge in [0.1, 0.15) is 0 Å². The van der Waals surface area contributed by atoms with Gasteiger partial charge >= 0.3 is 0 Å². The summed E-state index contributed by atoms with van der Waals surface area (Å²) in [6, 6.07) is -0.0202. The smallest absolute Gasteiger partial charge is 0.224 e. The summed E-state index contributed by atoms with van der Waals surface area (Å²) in [6.07, 6.45) is 4.32. The van der Waals surface area contributed by atoms with Gasteiger partial charge in [-0.05, 0) is 19.8 Å². The third-order valence-electron chi connectivity index (χ3n) is 3.18. The molecule has 1 aliphatic carbocycles. The summed E-state index contributed by atoms with van der Waals surface area (Å²) < 4.78 is 0. The molecule has 98 valence electrons. The van der Waals surface area contributed by atoms with Crippen LogP contribution in [0, 0.1) is 5.92 Å². The Morgan fingerprint density at radius 2 is 1.94 bits per heavy atom. The molecular formula is C12H23N3O2. The van der Waals surface area contributed by atoms with Gasteiger partial charge in [0.2, 0.25) is 11.8 Å². The SMILES string of the molecule is CCNC(=O)CCNC(=O)C1CCCCC1N. The van der Waals surface area contributed by atoms with Crippen LogP contribution in [0.1, 0.15) is 39.0 Å². The third kappa shape index (κ3) is 4.73. The molecule has 0 aromatic carbocycles. The molecule has 0 radical (unpaired) electrons. The van der Waals surface area contributed by atoms with Crippen LogP contribution in [-0.4, -0.2) is 30.9 Å². The van der Waals surface area contributed by atoms with Gasteiger partial charge in [-0.1, -0.05) is 12.8 Å². The van der Waals surface area contributed by atoms with E-state index in [1.165, 1.54) is 0 Å². The molecule has 5 nitrogen and oxygen atoms in total. The average Bonchev–Trinajstić information content (AvgIpc) is 2.29. The highest BCUT2D eigenvalue weighted by atomic mass is 16.2. The second-order valence-corrected chi connectivity index (χ2v) is 4.55. The zero-order valence-corrected chi connectivity index (χ0v) is 10.5. The fourth-order valence-electron chi connectivity index (χ4n) is 2.20. The molecule has 0 spiro atoms. The first kappa shape index (κ1) is 14.0. The lowest BCUT2D eigenvalue weighted by Gasteiger charge is -2.27. The van der Waals surface area contributed by atoms with Gasteiger partial charge in [0.15, 0.2) is 0 Å². The van der Waals surface area contributed by atoms with Gasteiger partial charge in [0, 0.05) is 25.6 Å². The Morgan fingerprint density at radius 1 is 1.24 bits per heavy atom. The largest absolute Gasteiger partial charge is 0.356 e. The maximum Gasteiger partial charge on any atom is 0.224 e. The molecule has 0 saturated heterocycles. The van der Waals surface area contributed by atoms with Crippen LogP contribution in [-0.2, 0) is 9.59 Å². The molecule has 4 N–H and O–H groups in total. The molecule has 0 bridgehead atoms. The first-order valence-electron chi connectivity index (χ1n) is 6.45. The van der Waals surface area contributed by atoms with Crippen molar-refractivity contribution in [1.29, 1.82) is 0 Å². The van der Waals surface area contributed by atoms with E-state index in [0.29, 0.717) is 19.5 Å². The maximum absolute atomic E-state index is 11.8. The van der Waals surface area contributed by atoms with Gasteiger partial charge < -0.3 is 16.4 Å². The van der Waals surface area contributed by atoms with E-state index in [2.05, 4.69) is 10.6 Å². The molecular weight excluding hydrogens is 218 g/mol. The first-order valence-corrected chi connectivity index (χ1v) is 6.45. The molecule has 0 aromatic rings. The summed E-state index contributed by atoms with van der Waals surface area (Å²) in [5, 5.41) is 5.48. The molecule has 0 aliphatic heterocycles. The zero-order valence-electron chi connectivity index (χ0n) is 10.5. The van der Waals surface area contributed by atoms with Crippen molar-refractivity contribution in [2.75, 3.05) is 13.1 Å². The highest BCUT2D eigenvalue weighted by Crippen LogP contribution is 2.22. The molecule has 17 heavy (non-hydrogen) atoms. The van der Waals surface area contributed by atoms with Crippen molar-refractivity contribution in [2.45, 2.75) is 45.1 Å². The quantitative estimate of drug-likeness (QED) is 0.640. The Bertz CT molecular complexity index is 268. The van der Waals surface area contributed by atoms with Crippen molar-refractivity contribution < 1.29 is 9.59 Å². The summed E-state index contributed by atoms with van der Waals surface area (Å²) in [4.78, 5) is 23.0. The molecule has 1 aliphatic rings. The normalized spacial score (nSPS) is 24.1. The Labute approximate surface area is 103 Å². The maximum atomic E-state index is 11.8. The van der Waals surface area contributed by atoms with Crippen LogP contribution in [0.4, 0.5) is 0 Å². The summed E-state index contributed by atoms with van der Waals surface area (Å²) in [5.74, 6) is -0.0970. The van der Waals surface area contributed by atoms with Crippen LogP contribution in [0.2, 0.25) is 0 Å². The van der Waals surface area contributed by atoms with Crippen LogP contribution in [0.3, 0.4) is 0 Å². The summed E-state index contributed by atoms with van der Waals surface area (Å²) >= 11 is 0. The Hall–Kier alpha value is -1.10. The van der Waals surface area contributed by atoms with Crippen LogP contribution >= 0.6 is 0 Å². The molecule has 1 saturated carbocycles. The minimum atomic E-state index is -0.0713. The number of hydrogen-bond acceptors (Lipinski definition) is 3. The van der Waals surface area contributed by atoms with E-state index in [0.717, 1.165) is 25.7 Å². The molecule has 1 rings (SSSR count). The van der Waals surface area contributed by atoms with Crippen molar-refractivity contribution >= 4 is 11.8 Å². The van der Waals surface area contributed by atoms with Crippen molar-refractivity contribution in [1.82, 2.24) is 10.6 Å². The van der Waals surface area contributed by atoms with E-state index >= 15 is 0 Å². The predicted molar refractivity (Wildman–Crippen MR) is 66.2 cm³/mol. The Kier molecular flexibility index (Phi) is 5.97. The van der Waals surface area contributed by atoms with Crippen LogP contribution in [0.15, 0.2) is 0 Å². The number of nitrogens with one attached hydrogen (secondary N) is 2. The number of carbonyl (C=O) groups excluding carboxylic acids is 2. The second-order valence-electron chi connectivity index (χ2n) is 4.55. The number of rotatable bonds is 5. The average molecular weight is 241 g/mol. The second kappa shape index (κ2) is 7.27. The highest BCUT2D eigenvalue weighted by molar-refractivity contribution is 5.81. The molecule has 2 atom stereocenters. The van der Waals surface area contributed by atoms with Crippen molar-refractivity contribution in [3.8, 4) is 0 Å². The minimum absolute atomic E-state index is 0.00139. The summed E-state index contributed by atoms with van der Waals surface area (Å²) in [6.45, 7) is 2.89. The van der Waals surface area contributed by atoms with Crippen LogP contribution in [0.25, 0.3) is 0 Å². The van der Waals surface area contributed by atoms with Gasteiger partial charge in [-0.3, -0.25) is 9.59 Å². The number of amides is 2. The lowest BCUT2D eigenvalue weighted by molar-refractivity contribution is -0.126. The van der Waals surface area contributed by atoms with Crippen molar-refractivity contribution in [3.05, 3.63) is 0 Å². The standard InChI is InChI=1S/C12H23N3O2/c1-2-14-11(16)7-8-15-12(17)9-5-3-4-6-10(9)13/h9-10H,2-8,13H2,1H3,(H,14,16)(H,15,17). The van der Waals surface area contributed by atoms with Crippen LogP contribution < -0.4 is 16.4 Å². The van der Waals surface area contributed by atoms with Gasteiger partial charge in [-0.15, -0.1) is 0 Å². The van der Waals surface area contributed by atoms with Gasteiger partial charge in [-0.2, -0.15) is 0 Å². The van der Waals surface area contributed by atoms with E-state index in [9.17, 15) is 9.59 Å². The molecule has 2 unspecified atom stereocenters. The van der Waals surface area contributed by atoms with Crippen molar-refractivity contribution in [3.63, 3.8) is 0 Å². The van der Waals surface area contributed by atoms with E-state index in [1.54, 1.807) is 0 Å². The van der Waals surface area contributed by atoms with Gasteiger partial charge in [0.05, 0.1) is 5.92 Å². The molecule has 5 heteroatoms. The number of nitrogens with two attached hydrogens (primary N) is 1. The van der Waals surface area contributed by atoms with E-state index in [1.807, 2.05) is 6.92 Å². The zero-order chi connectivity index (χ0) is 12.7. The highest BCUT2D eigenvalue weighted by Gasteiger charge is 2.27. The van der Waals surface area contributed by atoms with Gasteiger partial charge in [-0.25, -0.2) is 0 Å². The minimum Gasteiger partial charge on any atom is -0.356 e. The Morgan fingerprint density at radius 3 is 2.59 bits per heavy atom. The van der Waals surface area contributed by atoms with E-state index < -0.39 is 0 Å². The number of hydrogen-bond donors (Lipinski definition) is 3. The fourth-order valence-corrected chi connectivity index (χ4v) is 2.20. The number of carbonyl (C=O) groups is 2. The van der Waals surface area contributed by atoms with Gasteiger partial charge in [0.25, 0.3) is 0 Å².